The molecule has 1 heterocycles. The number of amidine groups is 1. The van der Waals surface area contributed by atoms with Crippen LogP contribution in [0.4, 0.5) is 0 Å². The Kier molecular flexibility index (Phi) is 8.72. The first-order chi connectivity index (χ1) is 13.1. The van der Waals surface area contributed by atoms with Gasteiger partial charge < -0.3 is 31.9 Å². The third-order valence-electron chi connectivity index (χ3n) is 3.43. The average molecular weight is 393 g/mol. The number of esters is 2. The molecule has 152 valence electrons. The summed E-state index contributed by atoms with van der Waals surface area (Å²) < 4.78 is 4.60. The topological polar surface area (TPSA) is 204 Å². The Balaban J connectivity index is 0.000000892. The molecule has 1 aromatic carbocycles. The minimum absolute atomic E-state index is 0.0212. The Bertz CT molecular complexity index is 758. The molecule has 1 aromatic rings. The molecule has 11 heteroatoms. The van der Waals surface area contributed by atoms with Crippen molar-refractivity contribution in [1.29, 1.82) is 5.41 Å². The first-order valence-electron chi connectivity index (χ1n) is 8.21. The number of benzene rings is 1. The van der Waals surface area contributed by atoms with E-state index in [4.69, 9.17) is 37.3 Å². The quantitative estimate of drug-likeness (QED) is 0.179. The van der Waals surface area contributed by atoms with Crippen LogP contribution in [0.15, 0.2) is 29.4 Å². The summed E-state index contributed by atoms with van der Waals surface area (Å²) in [4.78, 5) is 37.3. The van der Waals surface area contributed by atoms with Crippen LogP contribution in [0.2, 0.25) is 0 Å². The summed E-state index contributed by atoms with van der Waals surface area (Å²) in [6.07, 6.45) is -0.241. The highest BCUT2D eigenvalue weighted by Crippen LogP contribution is 2.20. The van der Waals surface area contributed by atoms with Gasteiger partial charge in [-0.25, -0.2) is 4.79 Å². The summed E-state index contributed by atoms with van der Waals surface area (Å²) in [7, 11) is 0. The van der Waals surface area contributed by atoms with Gasteiger partial charge in [0.05, 0.1) is 12.1 Å². The Hall–Kier alpha value is -3.31. The Labute approximate surface area is 161 Å². The molecule has 1 aliphatic heterocycles. The zero-order valence-electron chi connectivity index (χ0n) is 15.3. The molecular weight excluding hydrogens is 370 g/mol. The van der Waals surface area contributed by atoms with Crippen molar-refractivity contribution < 1.29 is 29.1 Å². The number of nitrogen functional groups attached to an aromatic ring is 1. The fraction of sp³-hybridized carbons (Fsp3) is 0.353. The standard InChI is InChI=1S/C15H19N5O4.C2H4O2/c16-7-11(17)15(22)23-13(21)6-10-5-12(20-24-10)8-1-3-9(4-2-8)14(18)19;1-2(3)4/h1-4,10-11H,5-7,16-17H2,(H3,18,19);1H3,(H,3,4)/t10-,11+;/m1./s1. The Morgan fingerprint density at radius 2 is 1.93 bits per heavy atom. The van der Waals surface area contributed by atoms with E-state index in [0.29, 0.717) is 17.7 Å². The number of hydrogen-bond donors (Lipinski definition) is 5. The lowest BCUT2D eigenvalue weighted by molar-refractivity contribution is -0.162. The number of carbonyl (C=O) groups is 3. The van der Waals surface area contributed by atoms with Crippen molar-refractivity contribution in [2.24, 2.45) is 22.4 Å². The number of nitrogens with two attached hydrogens (primary N) is 3. The number of carboxylic acid groups (broad SMARTS) is 1. The number of nitrogens with zero attached hydrogens (tertiary/aromatic N) is 1. The van der Waals surface area contributed by atoms with Crippen LogP contribution in [0.25, 0.3) is 0 Å². The highest BCUT2D eigenvalue weighted by molar-refractivity contribution is 6.03. The Morgan fingerprint density at radius 1 is 1.36 bits per heavy atom. The van der Waals surface area contributed by atoms with Gasteiger partial charge in [0.1, 0.15) is 18.0 Å². The van der Waals surface area contributed by atoms with Gasteiger partial charge in [0.2, 0.25) is 0 Å². The first-order valence-corrected chi connectivity index (χ1v) is 8.21. The monoisotopic (exact) mass is 393 g/mol. The molecule has 8 N–H and O–H groups in total. The molecule has 0 fully saturated rings. The predicted octanol–water partition coefficient (Wildman–Crippen LogP) is -0.700. The van der Waals surface area contributed by atoms with Crippen LogP contribution in [-0.2, 0) is 24.0 Å². The van der Waals surface area contributed by atoms with Crippen LogP contribution < -0.4 is 17.2 Å². The fourth-order valence-corrected chi connectivity index (χ4v) is 2.06. The van der Waals surface area contributed by atoms with E-state index in [1.54, 1.807) is 24.3 Å². The molecule has 0 amide bonds. The molecule has 2 atom stereocenters. The second-order valence-corrected chi connectivity index (χ2v) is 5.82. The molecule has 0 bridgehead atoms. The average Bonchev–Trinajstić information content (AvgIpc) is 3.08. The molecule has 0 aromatic heterocycles. The number of ether oxygens (including phenoxy) is 1. The summed E-state index contributed by atoms with van der Waals surface area (Å²) >= 11 is 0. The lowest BCUT2D eigenvalue weighted by atomic mass is 10.0. The summed E-state index contributed by atoms with van der Waals surface area (Å²) in [6, 6.07) is 5.92. The smallest absolute Gasteiger partial charge is 0.331 e. The molecule has 28 heavy (non-hydrogen) atoms. The number of carboxylic acids is 1. The van der Waals surface area contributed by atoms with Gasteiger partial charge in [-0.05, 0) is 5.56 Å². The maximum atomic E-state index is 11.7. The van der Waals surface area contributed by atoms with E-state index in [1.807, 2.05) is 0 Å². The van der Waals surface area contributed by atoms with Crippen molar-refractivity contribution in [2.45, 2.75) is 31.9 Å². The van der Waals surface area contributed by atoms with Crippen LogP contribution in [0.5, 0.6) is 0 Å². The van der Waals surface area contributed by atoms with Crippen molar-refractivity contribution in [3.05, 3.63) is 35.4 Å². The zero-order chi connectivity index (χ0) is 21.3. The molecule has 2 rings (SSSR count). The van der Waals surface area contributed by atoms with Crippen molar-refractivity contribution >= 4 is 29.5 Å². The molecule has 1 aliphatic rings. The van der Waals surface area contributed by atoms with Crippen molar-refractivity contribution in [2.75, 3.05) is 6.54 Å². The van der Waals surface area contributed by atoms with Crippen molar-refractivity contribution in [3.63, 3.8) is 0 Å². The van der Waals surface area contributed by atoms with Crippen LogP contribution in [0.1, 0.15) is 30.9 Å². The summed E-state index contributed by atoms with van der Waals surface area (Å²) in [6.45, 7) is 0.982. The van der Waals surface area contributed by atoms with Gasteiger partial charge in [0.15, 0.2) is 0 Å². The van der Waals surface area contributed by atoms with Gasteiger partial charge in [-0.1, -0.05) is 29.4 Å². The van der Waals surface area contributed by atoms with Gasteiger partial charge in [0, 0.05) is 25.5 Å². The number of nitrogens with one attached hydrogen (secondary N) is 1. The number of aliphatic carboxylic acids is 1. The normalized spacial score (nSPS) is 16.0. The number of oxime groups is 1. The van der Waals surface area contributed by atoms with Gasteiger partial charge in [-0.15, -0.1) is 0 Å². The van der Waals surface area contributed by atoms with Crippen molar-refractivity contribution in [1.82, 2.24) is 0 Å². The molecule has 0 saturated heterocycles. The van der Waals surface area contributed by atoms with E-state index in [2.05, 4.69) is 9.89 Å². The van der Waals surface area contributed by atoms with Gasteiger partial charge in [-0.3, -0.25) is 15.0 Å². The van der Waals surface area contributed by atoms with E-state index in [9.17, 15) is 9.59 Å². The minimum Gasteiger partial charge on any atom is -0.481 e. The molecule has 0 spiro atoms. The maximum Gasteiger partial charge on any atom is 0.331 e. The SMILES string of the molecule is CC(=O)O.N=C(N)c1ccc(C2=NO[C@@H](CC(=O)OC(=O)[C@@H](N)CN)C2)cc1. The largest absolute Gasteiger partial charge is 0.481 e. The maximum absolute atomic E-state index is 11.7. The predicted molar refractivity (Wildman–Crippen MR) is 99.5 cm³/mol. The second kappa shape index (κ2) is 10.7. The highest BCUT2D eigenvalue weighted by Gasteiger charge is 2.27. The van der Waals surface area contributed by atoms with Gasteiger partial charge in [-0.2, -0.15) is 0 Å². The van der Waals surface area contributed by atoms with E-state index in [0.717, 1.165) is 12.5 Å². The molecular formula is C17H23N5O6. The number of rotatable bonds is 6. The van der Waals surface area contributed by atoms with Crippen LogP contribution in [0.3, 0.4) is 0 Å². The second-order valence-electron chi connectivity index (χ2n) is 5.82. The summed E-state index contributed by atoms with van der Waals surface area (Å²) in [5.41, 5.74) is 18.1. The summed E-state index contributed by atoms with van der Waals surface area (Å²) in [5.74, 6) is -2.45. The van der Waals surface area contributed by atoms with E-state index in [1.165, 1.54) is 0 Å². The van der Waals surface area contributed by atoms with E-state index < -0.39 is 30.1 Å². The Morgan fingerprint density at radius 3 is 2.43 bits per heavy atom. The third-order valence-corrected chi connectivity index (χ3v) is 3.43. The van der Waals surface area contributed by atoms with Crippen LogP contribution >= 0.6 is 0 Å². The minimum atomic E-state index is -1.02. The molecule has 0 aliphatic carbocycles. The van der Waals surface area contributed by atoms with E-state index in [-0.39, 0.29) is 18.8 Å². The molecule has 0 saturated carbocycles. The first kappa shape index (κ1) is 22.7. The van der Waals surface area contributed by atoms with Gasteiger partial charge in [0.25, 0.3) is 5.97 Å². The van der Waals surface area contributed by atoms with Crippen LogP contribution in [0, 0.1) is 5.41 Å². The zero-order valence-corrected chi connectivity index (χ0v) is 15.3. The highest BCUT2D eigenvalue weighted by atomic mass is 16.6. The summed E-state index contributed by atoms with van der Waals surface area (Å²) in [5, 5.41) is 18.7. The molecule has 0 unspecified atom stereocenters. The molecule has 0 radical (unpaired) electrons. The fourth-order valence-electron chi connectivity index (χ4n) is 2.06. The number of hydrogen-bond acceptors (Lipinski definition) is 9. The van der Waals surface area contributed by atoms with Crippen LogP contribution in [-0.4, -0.2) is 53.3 Å². The van der Waals surface area contributed by atoms with E-state index >= 15 is 0 Å². The van der Waals surface area contributed by atoms with Gasteiger partial charge >= 0.3 is 11.9 Å². The lowest BCUT2D eigenvalue weighted by Gasteiger charge is -2.10. The third kappa shape index (κ3) is 7.51. The number of carbonyl (C=O) groups excluding carboxylic acids is 2. The van der Waals surface area contributed by atoms with Crippen molar-refractivity contribution in [3.8, 4) is 0 Å². The molecule has 11 nitrogen and oxygen atoms in total. The lowest BCUT2D eigenvalue weighted by Crippen LogP contribution is -2.40.